The number of rotatable bonds is 8. The molecular weight excluding hydrogens is 264 g/mol. The second kappa shape index (κ2) is 8.67. The molecule has 0 bridgehead atoms. The SMILES string of the molecule is CCC(N)Cc1cc(C)ccc1OCCCC(=O)N(C)C. The molecule has 0 radical (unpaired) electrons. The molecule has 0 aliphatic heterocycles. The second-order valence-electron chi connectivity index (χ2n) is 5.72. The average molecular weight is 292 g/mol. The van der Waals surface area contributed by atoms with Crippen LogP contribution in [-0.4, -0.2) is 37.6 Å². The molecule has 1 rings (SSSR count). The summed E-state index contributed by atoms with van der Waals surface area (Å²) >= 11 is 0. The van der Waals surface area contributed by atoms with E-state index in [1.807, 2.05) is 12.1 Å². The lowest BCUT2D eigenvalue weighted by Crippen LogP contribution is -2.22. The molecule has 21 heavy (non-hydrogen) atoms. The monoisotopic (exact) mass is 292 g/mol. The lowest BCUT2D eigenvalue weighted by Gasteiger charge is -2.15. The van der Waals surface area contributed by atoms with Gasteiger partial charge in [-0.2, -0.15) is 0 Å². The van der Waals surface area contributed by atoms with E-state index in [0.717, 1.165) is 30.6 Å². The third kappa shape index (κ3) is 6.17. The summed E-state index contributed by atoms with van der Waals surface area (Å²) in [5, 5.41) is 0. The van der Waals surface area contributed by atoms with Gasteiger partial charge in [0, 0.05) is 26.6 Å². The van der Waals surface area contributed by atoms with Crippen molar-refractivity contribution in [3.63, 3.8) is 0 Å². The molecular formula is C17H28N2O2. The van der Waals surface area contributed by atoms with Gasteiger partial charge in [0.15, 0.2) is 0 Å². The van der Waals surface area contributed by atoms with Gasteiger partial charge in [0.05, 0.1) is 6.61 Å². The van der Waals surface area contributed by atoms with Gasteiger partial charge in [-0.3, -0.25) is 4.79 Å². The smallest absolute Gasteiger partial charge is 0.222 e. The van der Waals surface area contributed by atoms with E-state index in [1.165, 1.54) is 5.56 Å². The minimum atomic E-state index is 0.135. The summed E-state index contributed by atoms with van der Waals surface area (Å²) in [6.07, 6.45) is 3.02. The van der Waals surface area contributed by atoms with Crippen LogP contribution in [0, 0.1) is 6.92 Å². The third-order valence-corrected chi connectivity index (χ3v) is 3.51. The second-order valence-corrected chi connectivity index (χ2v) is 5.72. The zero-order chi connectivity index (χ0) is 15.8. The number of ether oxygens (including phenoxy) is 1. The fourth-order valence-corrected chi connectivity index (χ4v) is 2.06. The number of carbonyl (C=O) groups excluding carboxylic acids is 1. The van der Waals surface area contributed by atoms with E-state index in [0.29, 0.717) is 13.0 Å². The van der Waals surface area contributed by atoms with Crippen molar-refractivity contribution < 1.29 is 9.53 Å². The molecule has 0 aromatic heterocycles. The summed E-state index contributed by atoms with van der Waals surface area (Å²) in [4.78, 5) is 13.1. The third-order valence-electron chi connectivity index (χ3n) is 3.51. The van der Waals surface area contributed by atoms with E-state index in [4.69, 9.17) is 10.5 Å². The molecule has 1 amide bonds. The molecule has 0 saturated heterocycles. The largest absolute Gasteiger partial charge is 0.493 e. The lowest BCUT2D eigenvalue weighted by molar-refractivity contribution is -0.128. The summed E-state index contributed by atoms with van der Waals surface area (Å²) in [7, 11) is 3.54. The Morgan fingerprint density at radius 1 is 1.38 bits per heavy atom. The molecule has 0 spiro atoms. The summed E-state index contributed by atoms with van der Waals surface area (Å²) in [6, 6.07) is 6.34. The molecule has 1 aromatic rings. The van der Waals surface area contributed by atoms with Crippen molar-refractivity contribution in [1.29, 1.82) is 0 Å². The van der Waals surface area contributed by atoms with Gasteiger partial charge >= 0.3 is 0 Å². The zero-order valence-corrected chi connectivity index (χ0v) is 13.7. The maximum atomic E-state index is 11.5. The quantitative estimate of drug-likeness (QED) is 0.749. The number of aryl methyl sites for hydroxylation is 1. The first-order valence-electron chi connectivity index (χ1n) is 7.62. The zero-order valence-electron chi connectivity index (χ0n) is 13.7. The Bertz CT molecular complexity index is 458. The van der Waals surface area contributed by atoms with E-state index in [1.54, 1.807) is 19.0 Å². The highest BCUT2D eigenvalue weighted by Crippen LogP contribution is 2.22. The van der Waals surface area contributed by atoms with E-state index >= 15 is 0 Å². The Morgan fingerprint density at radius 3 is 2.71 bits per heavy atom. The van der Waals surface area contributed by atoms with Crippen molar-refractivity contribution in [1.82, 2.24) is 4.90 Å². The molecule has 0 heterocycles. The highest BCUT2D eigenvalue weighted by molar-refractivity contribution is 5.75. The summed E-state index contributed by atoms with van der Waals surface area (Å²) in [5.74, 6) is 1.03. The van der Waals surface area contributed by atoms with Gasteiger partial charge in [0.25, 0.3) is 0 Å². The Labute approximate surface area is 128 Å². The fourth-order valence-electron chi connectivity index (χ4n) is 2.06. The van der Waals surface area contributed by atoms with Crippen molar-refractivity contribution in [2.75, 3.05) is 20.7 Å². The van der Waals surface area contributed by atoms with Crippen LogP contribution in [-0.2, 0) is 11.2 Å². The number of amides is 1. The van der Waals surface area contributed by atoms with Crippen molar-refractivity contribution in [2.45, 2.75) is 45.6 Å². The molecule has 0 fully saturated rings. The number of carbonyl (C=O) groups is 1. The first-order chi connectivity index (χ1) is 9.93. The predicted molar refractivity (Wildman–Crippen MR) is 86.6 cm³/mol. The minimum absolute atomic E-state index is 0.135. The van der Waals surface area contributed by atoms with E-state index in [2.05, 4.69) is 19.9 Å². The van der Waals surface area contributed by atoms with Gasteiger partial charge in [-0.05, 0) is 37.8 Å². The predicted octanol–water partition coefficient (Wildman–Crippen LogP) is 2.52. The van der Waals surface area contributed by atoms with E-state index in [9.17, 15) is 4.79 Å². The van der Waals surface area contributed by atoms with E-state index < -0.39 is 0 Å². The molecule has 0 aliphatic rings. The standard InChI is InChI=1S/C17H28N2O2/c1-5-15(18)12-14-11-13(2)8-9-16(14)21-10-6-7-17(20)19(3)4/h8-9,11,15H,5-7,10,12,18H2,1-4H3. The van der Waals surface area contributed by atoms with Crippen LogP contribution < -0.4 is 10.5 Å². The maximum absolute atomic E-state index is 11.5. The Kier molecular flexibility index (Phi) is 7.23. The molecule has 2 N–H and O–H groups in total. The van der Waals surface area contributed by atoms with Crippen LogP contribution in [0.5, 0.6) is 5.75 Å². The van der Waals surface area contributed by atoms with Crippen molar-refractivity contribution in [3.05, 3.63) is 29.3 Å². The number of hydrogen-bond acceptors (Lipinski definition) is 3. The van der Waals surface area contributed by atoms with Crippen LogP contribution >= 0.6 is 0 Å². The molecule has 1 atom stereocenters. The van der Waals surface area contributed by atoms with Gasteiger partial charge in [-0.15, -0.1) is 0 Å². The van der Waals surface area contributed by atoms with Crippen LogP contribution in [0.4, 0.5) is 0 Å². The number of hydrogen-bond donors (Lipinski definition) is 1. The molecule has 0 saturated carbocycles. The average Bonchev–Trinajstić information content (AvgIpc) is 2.44. The molecule has 1 unspecified atom stereocenters. The van der Waals surface area contributed by atoms with Crippen LogP contribution in [0.25, 0.3) is 0 Å². The summed E-state index contributed by atoms with van der Waals surface area (Å²) in [5.41, 5.74) is 8.41. The van der Waals surface area contributed by atoms with Crippen molar-refractivity contribution >= 4 is 5.91 Å². The van der Waals surface area contributed by atoms with Crippen molar-refractivity contribution in [3.8, 4) is 5.75 Å². The lowest BCUT2D eigenvalue weighted by atomic mass is 10.0. The number of nitrogens with two attached hydrogens (primary N) is 1. The minimum Gasteiger partial charge on any atom is -0.493 e. The normalized spacial score (nSPS) is 12.0. The first kappa shape index (κ1) is 17.5. The molecule has 4 nitrogen and oxygen atoms in total. The van der Waals surface area contributed by atoms with Crippen LogP contribution in [0.15, 0.2) is 18.2 Å². The highest BCUT2D eigenvalue weighted by atomic mass is 16.5. The van der Waals surface area contributed by atoms with Gasteiger partial charge in [0.2, 0.25) is 5.91 Å². The van der Waals surface area contributed by atoms with Crippen LogP contribution in [0.2, 0.25) is 0 Å². The Hall–Kier alpha value is -1.55. The van der Waals surface area contributed by atoms with Crippen molar-refractivity contribution in [2.24, 2.45) is 5.73 Å². The Balaban J connectivity index is 2.56. The maximum Gasteiger partial charge on any atom is 0.222 e. The van der Waals surface area contributed by atoms with Gasteiger partial charge in [-0.1, -0.05) is 24.6 Å². The molecule has 4 heteroatoms. The fraction of sp³-hybridized carbons (Fsp3) is 0.588. The summed E-state index contributed by atoms with van der Waals surface area (Å²) in [6.45, 7) is 4.71. The first-order valence-corrected chi connectivity index (χ1v) is 7.62. The molecule has 118 valence electrons. The topological polar surface area (TPSA) is 55.6 Å². The number of nitrogens with zero attached hydrogens (tertiary/aromatic N) is 1. The van der Waals surface area contributed by atoms with Crippen LogP contribution in [0.1, 0.15) is 37.3 Å². The van der Waals surface area contributed by atoms with Crippen LogP contribution in [0.3, 0.4) is 0 Å². The summed E-state index contributed by atoms with van der Waals surface area (Å²) < 4.78 is 5.84. The van der Waals surface area contributed by atoms with Gasteiger partial charge < -0.3 is 15.4 Å². The van der Waals surface area contributed by atoms with E-state index in [-0.39, 0.29) is 11.9 Å². The van der Waals surface area contributed by atoms with Gasteiger partial charge in [0.1, 0.15) is 5.75 Å². The molecule has 1 aromatic carbocycles. The highest BCUT2D eigenvalue weighted by Gasteiger charge is 2.09. The number of benzene rings is 1. The Morgan fingerprint density at radius 2 is 2.10 bits per heavy atom. The van der Waals surface area contributed by atoms with Gasteiger partial charge in [-0.25, -0.2) is 0 Å². The molecule has 0 aliphatic carbocycles.